The number of thiophene rings is 1. The van der Waals surface area contributed by atoms with Crippen molar-refractivity contribution in [3.63, 3.8) is 0 Å². The molecule has 2 aromatic carbocycles. The molecule has 0 radical (unpaired) electrons. The highest BCUT2D eigenvalue weighted by atomic mass is 32.2. The maximum Gasteiger partial charge on any atom is 0.264 e. The molecule has 1 aromatic heterocycles. The molecule has 3 N–H and O–H groups in total. The zero-order chi connectivity index (χ0) is 15.0. The second-order valence-corrected chi connectivity index (χ2v) is 7.06. The first-order valence-corrected chi connectivity index (χ1v) is 8.37. The largest absolute Gasteiger partial charge is 0.398 e. The monoisotopic (exact) mass is 322 g/mol. The van der Waals surface area contributed by atoms with Crippen LogP contribution < -0.4 is 10.5 Å². The number of nitrogen functional groups attached to an aromatic ring is 1. The van der Waals surface area contributed by atoms with E-state index >= 15 is 0 Å². The first kappa shape index (κ1) is 13.8. The van der Waals surface area contributed by atoms with Crippen LogP contribution in [0.4, 0.5) is 15.8 Å². The van der Waals surface area contributed by atoms with E-state index in [0.29, 0.717) is 5.69 Å². The predicted molar refractivity (Wildman–Crippen MR) is 83.4 cm³/mol. The van der Waals surface area contributed by atoms with Gasteiger partial charge in [0.2, 0.25) is 0 Å². The number of nitrogens with one attached hydrogen (secondary N) is 1. The molecule has 0 spiro atoms. The van der Waals surface area contributed by atoms with Crippen LogP contribution in [0.15, 0.2) is 52.7 Å². The van der Waals surface area contributed by atoms with Gasteiger partial charge in [0.1, 0.15) is 10.7 Å². The highest BCUT2D eigenvalue weighted by Gasteiger charge is 2.18. The number of anilines is 2. The van der Waals surface area contributed by atoms with Crippen LogP contribution in [0, 0.1) is 5.82 Å². The summed E-state index contributed by atoms with van der Waals surface area (Å²) in [6.45, 7) is 0. The van der Waals surface area contributed by atoms with Gasteiger partial charge in [-0.15, -0.1) is 11.3 Å². The molecule has 1 heterocycles. The number of benzene rings is 2. The molecule has 0 fully saturated rings. The Bertz CT molecular complexity index is 920. The van der Waals surface area contributed by atoms with Gasteiger partial charge in [-0.25, -0.2) is 12.8 Å². The van der Waals surface area contributed by atoms with Crippen molar-refractivity contribution in [2.24, 2.45) is 0 Å². The summed E-state index contributed by atoms with van der Waals surface area (Å²) >= 11 is 1.57. The van der Waals surface area contributed by atoms with Crippen molar-refractivity contribution < 1.29 is 12.8 Å². The zero-order valence-corrected chi connectivity index (χ0v) is 12.3. The van der Waals surface area contributed by atoms with E-state index < -0.39 is 15.8 Å². The molecule has 0 aliphatic carbocycles. The fourth-order valence-electron chi connectivity index (χ4n) is 1.98. The summed E-state index contributed by atoms with van der Waals surface area (Å²) in [5.41, 5.74) is 6.03. The molecule has 0 saturated carbocycles. The molecule has 0 aliphatic rings. The summed E-state index contributed by atoms with van der Waals surface area (Å²) in [7, 11) is -3.93. The van der Waals surface area contributed by atoms with Crippen molar-refractivity contribution in [3.8, 4) is 0 Å². The summed E-state index contributed by atoms with van der Waals surface area (Å²) in [5.74, 6) is -0.655. The Balaban J connectivity index is 2.00. The van der Waals surface area contributed by atoms with Crippen molar-refractivity contribution in [2.45, 2.75) is 4.90 Å². The van der Waals surface area contributed by atoms with E-state index in [1.165, 1.54) is 6.07 Å². The Labute approximate surface area is 125 Å². The second kappa shape index (κ2) is 5.01. The SMILES string of the molecule is Nc1ccc(F)cc1S(=O)(=O)Nc1ccc2sccc2c1. The molecule has 0 atom stereocenters. The molecule has 4 nitrogen and oxygen atoms in total. The fourth-order valence-corrected chi connectivity index (χ4v) is 3.95. The molecule has 0 unspecified atom stereocenters. The normalized spacial score (nSPS) is 11.7. The Morgan fingerprint density at radius 1 is 1.10 bits per heavy atom. The molecule has 3 aromatic rings. The van der Waals surface area contributed by atoms with E-state index in [2.05, 4.69) is 4.72 Å². The van der Waals surface area contributed by atoms with Gasteiger partial charge < -0.3 is 5.73 Å². The van der Waals surface area contributed by atoms with Crippen LogP contribution in [0.5, 0.6) is 0 Å². The van der Waals surface area contributed by atoms with E-state index in [4.69, 9.17) is 5.73 Å². The molecular formula is C14H11FN2O2S2. The van der Waals surface area contributed by atoms with E-state index in [-0.39, 0.29) is 10.6 Å². The fraction of sp³-hybridized carbons (Fsp3) is 0. The second-order valence-electron chi connectivity index (χ2n) is 4.46. The van der Waals surface area contributed by atoms with Gasteiger partial charge in [-0.2, -0.15) is 0 Å². The number of sulfonamides is 1. The molecule has 21 heavy (non-hydrogen) atoms. The highest BCUT2D eigenvalue weighted by molar-refractivity contribution is 7.92. The van der Waals surface area contributed by atoms with Gasteiger partial charge >= 0.3 is 0 Å². The van der Waals surface area contributed by atoms with Crippen LogP contribution in [0.2, 0.25) is 0 Å². The Hall–Kier alpha value is -2.12. The van der Waals surface area contributed by atoms with Crippen LogP contribution in [0.25, 0.3) is 10.1 Å². The molecule has 0 saturated heterocycles. The third-order valence-electron chi connectivity index (χ3n) is 2.97. The molecule has 3 rings (SSSR count). The summed E-state index contributed by atoms with van der Waals surface area (Å²) in [4.78, 5) is -0.270. The van der Waals surface area contributed by atoms with Crippen LogP contribution in [-0.4, -0.2) is 8.42 Å². The third kappa shape index (κ3) is 2.70. The number of fused-ring (bicyclic) bond motifs is 1. The smallest absolute Gasteiger partial charge is 0.264 e. The minimum Gasteiger partial charge on any atom is -0.398 e. The number of halogens is 1. The van der Waals surface area contributed by atoms with Gasteiger partial charge in [0.05, 0.1) is 5.69 Å². The Morgan fingerprint density at radius 2 is 1.90 bits per heavy atom. The van der Waals surface area contributed by atoms with Gasteiger partial charge in [0.25, 0.3) is 10.0 Å². The number of hydrogen-bond acceptors (Lipinski definition) is 4. The maximum absolute atomic E-state index is 13.2. The number of nitrogens with two attached hydrogens (primary N) is 1. The van der Waals surface area contributed by atoms with Crippen LogP contribution in [0.3, 0.4) is 0 Å². The van der Waals surface area contributed by atoms with Gasteiger partial charge in [-0.1, -0.05) is 0 Å². The first-order valence-electron chi connectivity index (χ1n) is 6.01. The Morgan fingerprint density at radius 3 is 2.71 bits per heavy atom. The standard InChI is InChI=1S/C14H11FN2O2S2/c15-10-1-3-12(16)14(8-10)21(18,19)17-11-2-4-13-9(7-11)5-6-20-13/h1-8,17H,16H2. The molecule has 0 bridgehead atoms. The van der Waals surface area contributed by atoms with Crippen molar-refractivity contribution in [2.75, 3.05) is 10.5 Å². The molecule has 0 amide bonds. The third-order valence-corrected chi connectivity index (χ3v) is 5.30. The van der Waals surface area contributed by atoms with Crippen molar-refractivity contribution in [3.05, 3.63) is 53.7 Å². The van der Waals surface area contributed by atoms with E-state index in [9.17, 15) is 12.8 Å². The lowest BCUT2D eigenvalue weighted by molar-refractivity contribution is 0.596. The quantitative estimate of drug-likeness (QED) is 0.726. The minimum absolute atomic E-state index is 0.000474. The van der Waals surface area contributed by atoms with Gasteiger partial charge in [-0.3, -0.25) is 4.72 Å². The van der Waals surface area contributed by atoms with E-state index in [1.54, 1.807) is 23.5 Å². The van der Waals surface area contributed by atoms with Crippen LogP contribution in [-0.2, 0) is 10.0 Å². The Kier molecular flexibility index (Phi) is 3.30. The van der Waals surface area contributed by atoms with Gasteiger partial charge in [0.15, 0.2) is 0 Å². The zero-order valence-electron chi connectivity index (χ0n) is 10.7. The number of rotatable bonds is 3. The van der Waals surface area contributed by atoms with Crippen LogP contribution in [0.1, 0.15) is 0 Å². The number of hydrogen-bond donors (Lipinski definition) is 2. The van der Waals surface area contributed by atoms with Crippen LogP contribution >= 0.6 is 11.3 Å². The summed E-state index contributed by atoms with van der Waals surface area (Å²) in [5, 5.41) is 2.86. The lowest BCUT2D eigenvalue weighted by Crippen LogP contribution is -2.15. The van der Waals surface area contributed by atoms with Gasteiger partial charge in [0, 0.05) is 10.4 Å². The lowest BCUT2D eigenvalue weighted by Gasteiger charge is -2.10. The van der Waals surface area contributed by atoms with E-state index in [0.717, 1.165) is 22.2 Å². The van der Waals surface area contributed by atoms with E-state index in [1.807, 2.05) is 17.5 Å². The van der Waals surface area contributed by atoms with Crippen molar-refractivity contribution in [1.29, 1.82) is 0 Å². The molecule has 108 valence electrons. The lowest BCUT2D eigenvalue weighted by atomic mass is 10.2. The highest BCUT2D eigenvalue weighted by Crippen LogP contribution is 2.27. The summed E-state index contributed by atoms with van der Waals surface area (Å²) < 4.78 is 41.3. The first-order chi connectivity index (χ1) is 9.95. The average Bonchev–Trinajstić information content (AvgIpc) is 2.88. The maximum atomic E-state index is 13.2. The minimum atomic E-state index is -3.93. The van der Waals surface area contributed by atoms with Crippen molar-refractivity contribution >= 4 is 42.8 Å². The predicted octanol–water partition coefficient (Wildman–Crippen LogP) is 3.42. The summed E-state index contributed by atoms with van der Waals surface area (Å²) in [6, 6.07) is 10.4. The van der Waals surface area contributed by atoms with Gasteiger partial charge in [-0.05, 0) is 53.2 Å². The molecular weight excluding hydrogens is 311 g/mol. The molecule has 0 aliphatic heterocycles. The molecule has 7 heteroatoms. The topological polar surface area (TPSA) is 72.2 Å². The average molecular weight is 322 g/mol. The van der Waals surface area contributed by atoms with Crippen molar-refractivity contribution in [1.82, 2.24) is 0 Å². The summed E-state index contributed by atoms with van der Waals surface area (Å²) in [6.07, 6.45) is 0.